The molecule has 41 heavy (non-hydrogen) atoms. The summed E-state index contributed by atoms with van der Waals surface area (Å²) in [6, 6.07) is 10.3. The fourth-order valence-electron chi connectivity index (χ4n) is 6.89. The van der Waals surface area contributed by atoms with Gasteiger partial charge in [-0.2, -0.15) is 0 Å². The summed E-state index contributed by atoms with van der Waals surface area (Å²) in [5.41, 5.74) is 1.47. The van der Waals surface area contributed by atoms with E-state index in [9.17, 15) is 24.3 Å². The van der Waals surface area contributed by atoms with E-state index in [2.05, 4.69) is 54.5 Å². The number of imide groups is 2. The summed E-state index contributed by atoms with van der Waals surface area (Å²) in [7, 11) is 1.39. The number of benzene rings is 2. The molecule has 214 valence electrons. The summed E-state index contributed by atoms with van der Waals surface area (Å²) < 4.78 is 6.62. The maximum Gasteiger partial charge on any atom is 0.254 e. The molecule has 4 aliphatic rings. The van der Waals surface area contributed by atoms with E-state index < -0.39 is 45.2 Å². The fourth-order valence-corrected chi connectivity index (χ4v) is 9.13. The molecule has 4 amide bonds. The molecule has 8 nitrogen and oxygen atoms in total. The molecule has 2 aliphatic heterocycles. The smallest absolute Gasteiger partial charge is 0.254 e. The molecular weight excluding hydrogens is 818 g/mol. The van der Waals surface area contributed by atoms with Crippen LogP contribution in [-0.4, -0.2) is 55.9 Å². The molecule has 0 bridgehead atoms. The lowest BCUT2D eigenvalue weighted by Crippen LogP contribution is -2.60. The van der Waals surface area contributed by atoms with Crippen LogP contribution in [0.4, 0.5) is 5.69 Å². The van der Waals surface area contributed by atoms with Crippen molar-refractivity contribution in [2.75, 3.05) is 17.5 Å². The number of alkyl halides is 3. The van der Waals surface area contributed by atoms with E-state index >= 15 is 0 Å². The van der Waals surface area contributed by atoms with Gasteiger partial charge in [-0.3, -0.25) is 29.0 Å². The largest absolute Gasteiger partial charge is 0.503 e. The quantitative estimate of drug-likeness (QED) is 0.140. The Kier molecular flexibility index (Phi) is 7.32. The van der Waals surface area contributed by atoms with E-state index in [-0.39, 0.29) is 46.1 Å². The Labute approximate surface area is 275 Å². The van der Waals surface area contributed by atoms with E-state index in [1.54, 1.807) is 24.3 Å². The Hall–Kier alpha value is -1.67. The summed E-state index contributed by atoms with van der Waals surface area (Å²) in [6.45, 7) is 0. The normalized spacial score (nSPS) is 32.6. The van der Waals surface area contributed by atoms with Gasteiger partial charge < -0.3 is 9.84 Å². The lowest BCUT2D eigenvalue weighted by Gasteiger charge is -2.50. The lowest BCUT2D eigenvalue weighted by atomic mass is 9.56. The summed E-state index contributed by atoms with van der Waals surface area (Å²) in [5, 5.41) is 10.5. The summed E-state index contributed by atoms with van der Waals surface area (Å²) in [4.78, 5) is 53.7. The van der Waals surface area contributed by atoms with E-state index in [4.69, 9.17) is 27.9 Å². The van der Waals surface area contributed by atoms with E-state index in [1.165, 1.54) is 12.0 Å². The van der Waals surface area contributed by atoms with Gasteiger partial charge in [0.2, 0.25) is 11.8 Å². The SMILES string of the molecule is COc1cc(C2C3=CCC4C(=O)N(c5ccc(I)cc5)C(=O)C4C3CC3(Cl)C(=O)N(CBr)C(=O)C23Cl)cc(Br)c1O. The van der Waals surface area contributed by atoms with Gasteiger partial charge in [-0.25, -0.2) is 0 Å². The minimum Gasteiger partial charge on any atom is -0.503 e. The van der Waals surface area contributed by atoms with Crippen LogP contribution in [0.1, 0.15) is 24.3 Å². The number of allylic oxidation sites excluding steroid dienone is 2. The van der Waals surface area contributed by atoms with Crippen LogP contribution >= 0.6 is 77.7 Å². The lowest BCUT2D eigenvalue weighted by molar-refractivity contribution is -0.138. The first kappa shape index (κ1) is 29.4. The molecule has 6 rings (SSSR count). The number of carbonyl (C=O) groups excluding carboxylic acids is 4. The van der Waals surface area contributed by atoms with Crippen LogP contribution in [0.15, 0.2) is 52.5 Å². The van der Waals surface area contributed by atoms with Crippen LogP contribution in [0, 0.1) is 21.3 Å². The van der Waals surface area contributed by atoms with Crippen molar-refractivity contribution in [2.24, 2.45) is 17.8 Å². The second-order valence-corrected chi connectivity index (χ2v) is 14.4. The average molecular weight is 839 g/mol. The van der Waals surface area contributed by atoms with Crippen LogP contribution in [0.5, 0.6) is 11.5 Å². The highest BCUT2D eigenvalue weighted by Gasteiger charge is 2.76. The Balaban J connectivity index is 1.54. The number of ether oxygens (including phenoxy) is 1. The van der Waals surface area contributed by atoms with Crippen LogP contribution in [-0.2, 0) is 19.2 Å². The van der Waals surface area contributed by atoms with Crippen LogP contribution in [0.25, 0.3) is 0 Å². The van der Waals surface area contributed by atoms with E-state index in [0.29, 0.717) is 16.8 Å². The molecule has 0 aromatic heterocycles. The zero-order chi connectivity index (χ0) is 29.6. The average Bonchev–Trinajstić information content (AvgIpc) is 3.28. The number of anilines is 1. The van der Waals surface area contributed by atoms with Gasteiger partial charge in [-0.1, -0.05) is 27.6 Å². The van der Waals surface area contributed by atoms with Gasteiger partial charge >= 0.3 is 0 Å². The van der Waals surface area contributed by atoms with Gasteiger partial charge in [-0.15, -0.1) is 23.2 Å². The number of phenolic OH excluding ortho intramolecular Hbond substituents is 1. The minimum absolute atomic E-state index is 0.106. The third-order valence-corrected chi connectivity index (χ3v) is 11.9. The number of rotatable bonds is 4. The molecule has 2 aliphatic carbocycles. The number of fused-ring (bicyclic) bond motifs is 4. The molecule has 1 saturated carbocycles. The highest BCUT2D eigenvalue weighted by atomic mass is 127. The molecule has 6 unspecified atom stereocenters. The predicted octanol–water partition coefficient (Wildman–Crippen LogP) is 5.68. The third-order valence-electron chi connectivity index (χ3n) is 8.70. The molecule has 6 atom stereocenters. The minimum atomic E-state index is -1.95. The van der Waals surface area contributed by atoms with Gasteiger partial charge in [0.1, 0.15) is 0 Å². The van der Waals surface area contributed by atoms with Gasteiger partial charge in [0.05, 0.1) is 34.6 Å². The number of methoxy groups -OCH3 is 1. The van der Waals surface area contributed by atoms with E-state index in [1.807, 2.05) is 18.2 Å². The Morgan fingerprint density at radius 3 is 2.39 bits per heavy atom. The number of aromatic hydroxyl groups is 1. The van der Waals surface area contributed by atoms with Crippen molar-refractivity contribution < 1.29 is 29.0 Å². The number of halogens is 5. The number of nitrogens with zero attached hydrogens (tertiary/aromatic N) is 2. The number of amides is 4. The molecule has 2 saturated heterocycles. The summed E-state index contributed by atoms with van der Waals surface area (Å²) in [5.74, 6) is -5.13. The maximum atomic E-state index is 14.0. The topological polar surface area (TPSA) is 104 Å². The highest BCUT2D eigenvalue weighted by Crippen LogP contribution is 2.66. The monoisotopic (exact) mass is 836 g/mol. The van der Waals surface area contributed by atoms with Crippen molar-refractivity contribution in [2.45, 2.75) is 28.5 Å². The summed E-state index contributed by atoms with van der Waals surface area (Å²) in [6.07, 6.45) is 2.01. The Morgan fingerprint density at radius 2 is 1.76 bits per heavy atom. The molecule has 1 N–H and O–H groups in total. The zero-order valence-electron chi connectivity index (χ0n) is 21.2. The van der Waals surface area contributed by atoms with Crippen molar-refractivity contribution in [3.05, 3.63) is 61.7 Å². The molecule has 2 aromatic carbocycles. The first-order valence-electron chi connectivity index (χ1n) is 12.6. The first-order valence-corrected chi connectivity index (χ1v) is 16.4. The van der Waals surface area contributed by atoms with Crippen LogP contribution < -0.4 is 9.64 Å². The molecule has 3 fully saturated rings. The number of hydrogen-bond donors (Lipinski definition) is 1. The molecule has 0 radical (unpaired) electrons. The number of phenols is 1. The standard InChI is InChI=1S/C28H21Br2Cl2IN2O6/c1-41-19-9-12(8-18(30)22(19)36)21-15-6-7-16-20(24(38)35(23(16)37)14-4-2-13(33)3-5-14)17(15)10-27(31)25(39)34(11-29)26(40)28(21,27)32/h2-6,8-9,16-17,20-21,36H,7,10-11H2,1H3. The van der Waals surface area contributed by atoms with Crippen LogP contribution in [0.3, 0.4) is 0 Å². The maximum absolute atomic E-state index is 14.0. The van der Waals surface area contributed by atoms with Crippen molar-refractivity contribution >= 4 is 107 Å². The number of carbonyl (C=O) groups is 4. The fraction of sp³-hybridized carbons (Fsp3) is 0.357. The Morgan fingerprint density at radius 1 is 1.07 bits per heavy atom. The summed E-state index contributed by atoms with van der Waals surface area (Å²) >= 11 is 23.2. The second-order valence-electron chi connectivity index (χ2n) is 10.5. The number of hydrogen-bond acceptors (Lipinski definition) is 6. The van der Waals surface area contributed by atoms with Gasteiger partial charge in [0.25, 0.3) is 11.8 Å². The number of likely N-dealkylation sites (tertiary alicyclic amines) is 1. The van der Waals surface area contributed by atoms with Gasteiger partial charge in [-0.05, 0) is 99.2 Å². The first-order chi connectivity index (χ1) is 19.4. The van der Waals surface area contributed by atoms with E-state index in [0.717, 1.165) is 8.47 Å². The highest BCUT2D eigenvalue weighted by molar-refractivity contribution is 14.1. The van der Waals surface area contributed by atoms with Crippen molar-refractivity contribution in [3.8, 4) is 11.5 Å². The van der Waals surface area contributed by atoms with Gasteiger partial charge in [0.15, 0.2) is 21.2 Å². The molecule has 2 aromatic rings. The molecule has 2 heterocycles. The molecule has 13 heteroatoms. The van der Waals surface area contributed by atoms with Crippen molar-refractivity contribution in [1.29, 1.82) is 0 Å². The van der Waals surface area contributed by atoms with Crippen molar-refractivity contribution in [3.63, 3.8) is 0 Å². The predicted molar refractivity (Wildman–Crippen MR) is 167 cm³/mol. The Bertz CT molecular complexity index is 1570. The second kappa shape index (κ2) is 10.2. The van der Waals surface area contributed by atoms with Gasteiger partial charge in [0, 0.05) is 9.49 Å². The zero-order valence-corrected chi connectivity index (χ0v) is 28.1. The van der Waals surface area contributed by atoms with Crippen molar-refractivity contribution in [1.82, 2.24) is 4.90 Å². The van der Waals surface area contributed by atoms with Crippen LogP contribution in [0.2, 0.25) is 0 Å². The third kappa shape index (κ3) is 3.94. The molecular formula is C28H21Br2Cl2IN2O6. The molecule has 0 spiro atoms.